The van der Waals surface area contributed by atoms with E-state index in [1.807, 2.05) is 47.0 Å². The van der Waals surface area contributed by atoms with Gasteiger partial charge in [0.1, 0.15) is 17.0 Å². The molecule has 8 rings (SSSR count). The lowest BCUT2D eigenvalue weighted by atomic mass is 9.26. The Morgan fingerprint density at radius 2 is 1.98 bits per heavy atom. The average Bonchev–Trinajstić information content (AvgIpc) is 3.51. The lowest BCUT2D eigenvalue weighted by Crippen LogP contribution is -2.84. The molecule has 3 heterocycles. The van der Waals surface area contributed by atoms with E-state index in [4.69, 9.17) is 16.1 Å². The molecule has 0 radical (unpaired) electrons. The summed E-state index contributed by atoms with van der Waals surface area (Å²) >= 11 is 8.32. The number of allylic oxidation sites excluding steroid dienone is 1. The van der Waals surface area contributed by atoms with Crippen molar-refractivity contribution in [2.75, 3.05) is 5.32 Å². The molecule has 5 atom stereocenters. The number of hydrogen-bond acceptors (Lipinski definition) is 6. The Balaban J connectivity index is 1.01. The minimum absolute atomic E-state index is 0.147. The maximum absolute atomic E-state index is 13.8. The van der Waals surface area contributed by atoms with Crippen LogP contribution in [0.2, 0.25) is 5.02 Å². The number of amides is 1. The van der Waals surface area contributed by atoms with E-state index in [1.165, 1.54) is 18.0 Å². The molecule has 3 saturated carbocycles. The standard InChI is InChI=1S/C33H29ClF2N4O3S/c34-27-29(31(41)37-19-10-11-22(35)23(36)15-19)40-14-6-2-5-9-24(40)30(27)44-39-28-20-12-13-32(20)21(28)17-33(32,42)26-16-25(43-38-26)18-7-3-1-4-8-18/h1,3-5,7-11,15-16,20-21,28,39,42H,2,6,12-14,17H2,(H,37,41). The molecule has 1 spiro atoms. The molecule has 3 aliphatic carbocycles. The lowest BCUT2D eigenvalue weighted by molar-refractivity contribution is -0.367. The number of carbonyl (C=O) groups excluding carboxylic acids is 1. The van der Waals surface area contributed by atoms with Gasteiger partial charge in [-0.25, -0.2) is 8.78 Å². The van der Waals surface area contributed by atoms with Crippen LogP contribution in [0.15, 0.2) is 70.1 Å². The molecule has 226 valence electrons. The first-order valence-corrected chi connectivity index (χ1v) is 16.0. The summed E-state index contributed by atoms with van der Waals surface area (Å²) in [6, 6.07) is 15.1. The number of nitrogens with one attached hydrogen (secondary N) is 2. The van der Waals surface area contributed by atoms with E-state index >= 15 is 0 Å². The van der Waals surface area contributed by atoms with Crippen LogP contribution in [-0.4, -0.2) is 26.8 Å². The number of nitrogens with zero attached hydrogens (tertiary/aromatic N) is 2. The van der Waals surface area contributed by atoms with E-state index in [2.05, 4.69) is 21.3 Å². The summed E-state index contributed by atoms with van der Waals surface area (Å²) in [6.07, 6.45) is 8.29. The predicted molar refractivity (Wildman–Crippen MR) is 164 cm³/mol. The third-order valence-corrected chi connectivity index (χ3v) is 11.7. The highest BCUT2D eigenvalue weighted by molar-refractivity contribution is 7.97. The van der Waals surface area contributed by atoms with Gasteiger partial charge in [0.2, 0.25) is 0 Å². The van der Waals surface area contributed by atoms with Crippen molar-refractivity contribution in [1.82, 2.24) is 14.4 Å². The molecule has 7 nitrogen and oxygen atoms in total. The van der Waals surface area contributed by atoms with Crippen LogP contribution in [0.1, 0.15) is 54.0 Å². The van der Waals surface area contributed by atoms with Gasteiger partial charge in [0.05, 0.1) is 15.6 Å². The molecular formula is C33H29ClF2N4O3S. The van der Waals surface area contributed by atoms with Gasteiger partial charge in [-0.15, -0.1) is 0 Å². The van der Waals surface area contributed by atoms with E-state index in [0.29, 0.717) is 29.4 Å². The number of hydrogen-bond donors (Lipinski definition) is 3. The quantitative estimate of drug-likeness (QED) is 0.183. The molecule has 3 fully saturated rings. The topological polar surface area (TPSA) is 92.3 Å². The molecule has 5 unspecified atom stereocenters. The second kappa shape index (κ2) is 10.3. The summed E-state index contributed by atoms with van der Waals surface area (Å²) in [4.78, 5) is 14.2. The van der Waals surface area contributed by atoms with Crippen molar-refractivity contribution in [3.8, 4) is 11.3 Å². The van der Waals surface area contributed by atoms with Crippen LogP contribution in [0.3, 0.4) is 0 Å². The zero-order valence-electron chi connectivity index (χ0n) is 23.5. The molecular weight excluding hydrogens is 606 g/mol. The Bertz CT molecular complexity index is 1820. The van der Waals surface area contributed by atoms with Gasteiger partial charge in [0.15, 0.2) is 17.4 Å². The number of aromatic nitrogens is 2. The first kappa shape index (κ1) is 28.1. The fourth-order valence-electron chi connectivity index (χ4n) is 8.04. The molecule has 4 aromatic rings. The van der Waals surface area contributed by atoms with E-state index in [0.717, 1.165) is 54.0 Å². The molecule has 11 heteroatoms. The van der Waals surface area contributed by atoms with E-state index in [1.54, 1.807) is 0 Å². The molecule has 4 aliphatic rings. The molecule has 0 saturated heterocycles. The van der Waals surface area contributed by atoms with Crippen LogP contribution in [0, 0.1) is 28.9 Å². The smallest absolute Gasteiger partial charge is 0.273 e. The minimum atomic E-state index is -1.04. The number of fused-ring (bicyclic) bond motifs is 1. The number of aliphatic hydroxyl groups is 1. The highest BCUT2D eigenvalue weighted by Gasteiger charge is 2.82. The van der Waals surface area contributed by atoms with Gasteiger partial charge in [0.25, 0.3) is 5.91 Å². The molecule has 2 aromatic heterocycles. The van der Waals surface area contributed by atoms with Crippen LogP contribution in [0.4, 0.5) is 14.5 Å². The number of carbonyl (C=O) groups is 1. The van der Waals surface area contributed by atoms with E-state index < -0.39 is 23.1 Å². The molecule has 3 N–H and O–H groups in total. The summed E-state index contributed by atoms with van der Waals surface area (Å²) in [5.74, 6) is -1.30. The van der Waals surface area contributed by atoms with Gasteiger partial charge in [-0.05, 0) is 74.1 Å². The highest BCUT2D eigenvalue weighted by atomic mass is 35.5. The summed E-state index contributed by atoms with van der Waals surface area (Å²) < 4.78 is 38.4. The summed E-state index contributed by atoms with van der Waals surface area (Å²) in [5, 5.41) is 19.2. The van der Waals surface area contributed by atoms with Crippen molar-refractivity contribution in [3.05, 3.63) is 94.4 Å². The first-order chi connectivity index (χ1) is 21.3. The van der Waals surface area contributed by atoms with Gasteiger partial charge >= 0.3 is 0 Å². The number of rotatable bonds is 7. The van der Waals surface area contributed by atoms with Gasteiger partial charge in [0, 0.05) is 41.4 Å². The van der Waals surface area contributed by atoms with Crippen molar-refractivity contribution in [2.24, 2.45) is 17.3 Å². The van der Waals surface area contributed by atoms with Crippen LogP contribution >= 0.6 is 23.5 Å². The van der Waals surface area contributed by atoms with Crippen molar-refractivity contribution >= 4 is 41.2 Å². The zero-order chi connectivity index (χ0) is 30.2. The van der Waals surface area contributed by atoms with Crippen molar-refractivity contribution in [2.45, 2.75) is 55.2 Å². The Labute approximate surface area is 261 Å². The second-order valence-electron chi connectivity index (χ2n) is 12.2. The molecule has 1 amide bonds. The van der Waals surface area contributed by atoms with Gasteiger partial charge in [-0.1, -0.05) is 53.2 Å². The average molecular weight is 635 g/mol. The van der Waals surface area contributed by atoms with Crippen LogP contribution in [-0.2, 0) is 12.1 Å². The van der Waals surface area contributed by atoms with Crippen molar-refractivity contribution < 1.29 is 23.2 Å². The van der Waals surface area contributed by atoms with Gasteiger partial charge < -0.3 is 19.5 Å². The lowest BCUT2D eigenvalue weighted by Gasteiger charge is -2.80. The normalized spacial score (nSPS) is 28.0. The second-order valence-corrected chi connectivity index (χ2v) is 13.4. The number of anilines is 1. The Kier molecular flexibility index (Phi) is 6.57. The third-order valence-electron chi connectivity index (χ3n) is 10.3. The number of halogens is 3. The monoisotopic (exact) mass is 634 g/mol. The maximum atomic E-state index is 13.8. The summed E-state index contributed by atoms with van der Waals surface area (Å²) in [6.45, 7) is 0.594. The summed E-state index contributed by atoms with van der Waals surface area (Å²) in [5.41, 5.74) is 1.56. The summed E-state index contributed by atoms with van der Waals surface area (Å²) in [7, 11) is 0. The largest absolute Gasteiger partial charge is 0.383 e. The van der Waals surface area contributed by atoms with Crippen molar-refractivity contribution in [3.63, 3.8) is 0 Å². The van der Waals surface area contributed by atoms with Crippen LogP contribution in [0.25, 0.3) is 17.4 Å². The van der Waals surface area contributed by atoms with Gasteiger partial charge in [-0.2, -0.15) is 0 Å². The van der Waals surface area contributed by atoms with Crippen molar-refractivity contribution in [1.29, 1.82) is 0 Å². The fraction of sp³-hybridized carbons (Fsp3) is 0.333. The third kappa shape index (κ3) is 3.94. The van der Waals surface area contributed by atoms with Gasteiger partial charge in [-0.3, -0.25) is 9.52 Å². The zero-order valence-corrected chi connectivity index (χ0v) is 25.1. The highest BCUT2D eigenvalue weighted by Crippen LogP contribution is 2.81. The molecule has 44 heavy (non-hydrogen) atoms. The van der Waals surface area contributed by atoms with E-state index in [-0.39, 0.29) is 34.7 Å². The van der Waals surface area contributed by atoms with E-state index in [9.17, 15) is 18.7 Å². The maximum Gasteiger partial charge on any atom is 0.273 e. The van der Waals surface area contributed by atoms with Crippen LogP contribution in [0.5, 0.6) is 0 Å². The fourth-order valence-corrected chi connectivity index (χ4v) is 9.49. The first-order valence-electron chi connectivity index (χ1n) is 14.8. The minimum Gasteiger partial charge on any atom is -0.383 e. The molecule has 1 aliphatic heterocycles. The SMILES string of the molecule is O=C(Nc1ccc(F)c(F)c1)c1c(Cl)c(SNC2C3CCC34C2CC4(O)c2cc(-c3ccccc3)on2)c2n1CCCC=C2. The van der Waals surface area contributed by atoms with Crippen LogP contribution < -0.4 is 10.0 Å². The number of benzene rings is 2. The predicted octanol–water partition coefficient (Wildman–Crippen LogP) is 7.42. The Hall–Kier alpha value is -3.44. The molecule has 0 bridgehead atoms. The Morgan fingerprint density at radius 3 is 2.73 bits per heavy atom. The molecule has 2 aromatic carbocycles. The Morgan fingerprint density at radius 1 is 1.14 bits per heavy atom.